The molecule has 0 aliphatic heterocycles. The van der Waals surface area contributed by atoms with E-state index in [-0.39, 0.29) is 5.56 Å². The first-order chi connectivity index (χ1) is 8.16. The maximum absolute atomic E-state index is 13.5. The van der Waals surface area contributed by atoms with Crippen LogP contribution in [0.1, 0.15) is 17.3 Å². The number of hydrogen-bond donors (Lipinski definition) is 1. The number of nitrogens with zero attached hydrogens (tertiary/aromatic N) is 1. The molecule has 4 heteroatoms. The highest BCUT2D eigenvalue weighted by atomic mass is 19.1. The monoisotopic (exact) mass is 234 g/mol. The lowest BCUT2D eigenvalue weighted by Gasteiger charge is -2.12. The zero-order valence-corrected chi connectivity index (χ0v) is 9.11. The van der Waals surface area contributed by atoms with E-state index in [1.54, 1.807) is 18.3 Å². The molecule has 1 atom stereocenters. The lowest BCUT2D eigenvalue weighted by atomic mass is 10.0. The Hall–Kier alpha value is -1.81. The fourth-order valence-electron chi connectivity index (χ4n) is 1.65. The molecule has 0 saturated carbocycles. The van der Waals surface area contributed by atoms with E-state index in [0.29, 0.717) is 6.42 Å². The summed E-state index contributed by atoms with van der Waals surface area (Å²) in [7, 11) is 0. The maximum Gasteiger partial charge on any atom is 0.128 e. The average Bonchev–Trinajstić information content (AvgIpc) is 2.33. The number of nitrogens with two attached hydrogens (primary N) is 1. The molecule has 0 aliphatic rings. The van der Waals surface area contributed by atoms with Crippen molar-refractivity contribution >= 4 is 0 Å². The molecular weight excluding hydrogens is 222 g/mol. The summed E-state index contributed by atoms with van der Waals surface area (Å²) in [5.74, 6) is -0.979. The first-order valence-corrected chi connectivity index (χ1v) is 5.27. The number of hydrogen-bond acceptors (Lipinski definition) is 2. The third kappa shape index (κ3) is 2.85. The van der Waals surface area contributed by atoms with Gasteiger partial charge in [0.25, 0.3) is 0 Å². The summed E-state index contributed by atoms with van der Waals surface area (Å²) < 4.78 is 26.5. The lowest BCUT2D eigenvalue weighted by molar-refractivity contribution is 0.559. The smallest absolute Gasteiger partial charge is 0.128 e. The Balaban J connectivity index is 2.20. The van der Waals surface area contributed by atoms with Crippen molar-refractivity contribution in [3.05, 3.63) is 65.5 Å². The van der Waals surface area contributed by atoms with Gasteiger partial charge in [-0.2, -0.15) is 0 Å². The SMILES string of the molecule is NC(Cc1ccccn1)c1cc(F)ccc1F. The molecule has 2 N–H and O–H groups in total. The van der Waals surface area contributed by atoms with Crippen LogP contribution in [0.5, 0.6) is 0 Å². The molecule has 0 radical (unpaired) electrons. The van der Waals surface area contributed by atoms with Crippen molar-refractivity contribution < 1.29 is 8.78 Å². The second-order valence-electron chi connectivity index (χ2n) is 3.80. The van der Waals surface area contributed by atoms with Crippen LogP contribution in [0.15, 0.2) is 42.6 Å². The number of halogens is 2. The van der Waals surface area contributed by atoms with Crippen LogP contribution in [0, 0.1) is 11.6 Å². The summed E-state index contributed by atoms with van der Waals surface area (Å²) >= 11 is 0. The zero-order chi connectivity index (χ0) is 12.3. The Labute approximate surface area is 98.1 Å². The van der Waals surface area contributed by atoms with Gasteiger partial charge >= 0.3 is 0 Å². The van der Waals surface area contributed by atoms with Crippen LogP contribution in [0.2, 0.25) is 0 Å². The van der Waals surface area contributed by atoms with Crippen LogP contribution in [0.3, 0.4) is 0 Å². The Kier molecular flexibility index (Phi) is 3.44. The fourth-order valence-corrected chi connectivity index (χ4v) is 1.65. The van der Waals surface area contributed by atoms with Gasteiger partial charge in [-0.1, -0.05) is 6.07 Å². The van der Waals surface area contributed by atoms with Gasteiger partial charge in [-0.05, 0) is 30.3 Å². The predicted octanol–water partition coefficient (Wildman–Crippen LogP) is 2.60. The molecule has 0 bridgehead atoms. The van der Waals surface area contributed by atoms with Crippen molar-refractivity contribution in [3.8, 4) is 0 Å². The van der Waals surface area contributed by atoms with Gasteiger partial charge in [-0.25, -0.2) is 8.78 Å². The van der Waals surface area contributed by atoms with E-state index < -0.39 is 17.7 Å². The van der Waals surface area contributed by atoms with Crippen molar-refractivity contribution in [2.24, 2.45) is 5.73 Å². The summed E-state index contributed by atoms with van der Waals surface area (Å²) in [6, 6.07) is 8.12. The lowest BCUT2D eigenvalue weighted by Crippen LogP contribution is -2.16. The van der Waals surface area contributed by atoms with E-state index >= 15 is 0 Å². The van der Waals surface area contributed by atoms with Crippen LogP contribution in [-0.4, -0.2) is 4.98 Å². The third-order valence-electron chi connectivity index (χ3n) is 2.51. The molecule has 1 aromatic heterocycles. The van der Waals surface area contributed by atoms with E-state index in [1.807, 2.05) is 6.07 Å². The van der Waals surface area contributed by atoms with Crippen molar-refractivity contribution in [1.82, 2.24) is 4.98 Å². The first kappa shape index (κ1) is 11.7. The minimum atomic E-state index is -0.597. The molecule has 2 nitrogen and oxygen atoms in total. The van der Waals surface area contributed by atoms with Gasteiger partial charge in [-0.3, -0.25) is 4.98 Å². The fraction of sp³-hybridized carbons (Fsp3) is 0.154. The summed E-state index contributed by atoms with van der Waals surface area (Å²) in [5, 5.41) is 0. The van der Waals surface area contributed by atoms with Gasteiger partial charge in [0.1, 0.15) is 11.6 Å². The molecule has 1 heterocycles. The van der Waals surface area contributed by atoms with Crippen LogP contribution < -0.4 is 5.73 Å². The maximum atomic E-state index is 13.5. The Morgan fingerprint density at radius 2 is 2.00 bits per heavy atom. The molecule has 0 aliphatic carbocycles. The highest BCUT2D eigenvalue weighted by Crippen LogP contribution is 2.19. The largest absolute Gasteiger partial charge is 0.324 e. The quantitative estimate of drug-likeness (QED) is 0.886. The molecule has 0 saturated heterocycles. The van der Waals surface area contributed by atoms with E-state index in [9.17, 15) is 8.78 Å². The van der Waals surface area contributed by atoms with Gasteiger partial charge in [-0.15, -0.1) is 0 Å². The molecule has 0 fully saturated rings. The molecule has 1 aromatic carbocycles. The highest BCUT2D eigenvalue weighted by Gasteiger charge is 2.13. The van der Waals surface area contributed by atoms with E-state index in [2.05, 4.69) is 4.98 Å². The number of pyridine rings is 1. The molecule has 0 amide bonds. The minimum Gasteiger partial charge on any atom is -0.324 e. The highest BCUT2D eigenvalue weighted by molar-refractivity contribution is 5.23. The van der Waals surface area contributed by atoms with Gasteiger partial charge in [0.15, 0.2) is 0 Å². The van der Waals surface area contributed by atoms with Crippen molar-refractivity contribution in [3.63, 3.8) is 0 Å². The second kappa shape index (κ2) is 5.01. The van der Waals surface area contributed by atoms with E-state index in [4.69, 9.17) is 5.73 Å². The molecule has 17 heavy (non-hydrogen) atoms. The molecule has 2 aromatic rings. The Morgan fingerprint density at radius 1 is 1.18 bits per heavy atom. The van der Waals surface area contributed by atoms with Gasteiger partial charge in [0, 0.05) is 29.9 Å². The van der Waals surface area contributed by atoms with Gasteiger partial charge in [0.2, 0.25) is 0 Å². The van der Waals surface area contributed by atoms with Crippen LogP contribution in [0.4, 0.5) is 8.78 Å². The summed E-state index contributed by atoms with van der Waals surface area (Å²) in [4.78, 5) is 4.10. The van der Waals surface area contributed by atoms with Crippen LogP contribution in [0.25, 0.3) is 0 Å². The molecule has 1 unspecified atom stereocenters. The first-order valence-electron chi connectivity index (χ1n) is 5.27. The molecule has 0 spiro atoms. The summed E-state index contributed by atoms with van der Waals surface area (Å²) in [6.07, 6.45) is 2.02. The van der Waals surface area contributed by atoms with Gasteiger partial charge < -0.3 is 5.73 Å². The van der Waals surface area contributed by atoms with E-state index in [1.165, 1.54) is 0 Å². The van der Waals surface area contributed by atoms with Crippen LogP contribution >= 0.6 is 0 Å². The summed E-state index contributed by atoms with van der Waals surface area (Å²) in [6.45, 7) is 0. The topological polar surface area (TPSA) is 38.9 Å². The van der Waals surface area contributed by atoms with Crippen molar-refractivity contribution in [2.45, 2.75) is 12.5 Å². The predicted molar refractivity (Wildman–Crippen MR) is 61.2 cm³/mol. The second-order valence-corrected chi connectivity index (χ2v) is 3.80. The molecular formula is C13H12F2N2. The third-order valence-corrected chi connectivity index (χ3v) is 2.51. The number of benzene rings is 1. The zero-order valence-electron chi connectivity index (χ0n) is 9.11. The molecule has 2 rings (SSSR count). The van der Waals surface area contributed by atoms with Crippen molar-refractivity contribution in [2.75, 3.05) is 0 Å². The number of rotatable bonds is 3. The average molecular weight is 234 g/mol. The van der Waals surface area contributed by atoms with Gasteiger partial charge in [0.05, 0.1) is 0 Å². The molecule has 88 valence electrons. The minimum absolute atomic E-state index is 0.177. The summed E-state index contributed by atoms with van der Waals surface area (Å²) in [5.41, 5.74) is 6.78. The number of aromatic nitrogens is 1. The van der Waals surface area contributed by atoms with Crippen LogP contribution in [-0.2, 0) is 6.42 Å². The van der Waals surface area contributed by atoms with E-state index in [0.717, 1.165) is 23.9 Å². The Bertz CT molecular complexity index is 500. The van der Waals surface area contributed by atoms with Crippen molar-refractivity contribution in [1.29, 1.82) is 0 Å². The normalized spacial score (nSPS) is 12.4. The Morgan fingerprint density at radius 3 is 2.71 bits per heavy atom. The standard InChI is InChI=1S/C13H12F2N2/c14-9-4-5-12(15)11(7-9)13(16)8-10-3-1-2-6-17-10/h1-7,13H,8,16H2.